The highest BCUT2D eigenvalue weighted by Gasteiger charge is 2.01. The van der Waals surface area contributed by atoms with E-state index in [-0.39, 0.29) is 5.56 Å². The topological polar surface area (TPSA) is 22.0 Å². The number of unbranched alkanes of at least 4 members (excludes halogenated alkanes) is 3. The van der Waals surface area contributed by atoms with Gasteiger partial charge in [-0.05, 0) is 22.4 Å². The van der Waals surface area contributed by atoms with E-state index in [0.717, 1.165) is 13.0 Å². The third kappa shape index (κ3) is 3.27. The van der Waals surface area contributed by atoms with Crippen LogP contribution in [0.4, 0.5) is 0 Å². The second kappa shape index (κ2) is 5.60. The lowest BCUT2D eigenvalue weighted by atomic mass is 10.2. The first-order chi connectivity index (χ1) is 6.25. The number of hydrogen-bond acceptors (Lipinski definition) is 2. The fraction of sp³-hybridized carbons (Fsp3) is 0.667. The predicted molar refractivity (Wildman–Crippen MR) is 60.4 cm³/mol. The van der Waals surface area contributed by atoms with Crippen molar-refractivity contribution in [1.29, 1.82) is 0 Å². The van der Waals surface area contributed by atoms with Gasteiger partial charge in [0.05, 0.1) is 4.47 Å². The molecule has 0 saturated carbocycles. The monoisotopic (exact) mass is 263 g/mol. The Morgan fingerprint density at radius 2 is 2.23 bits per heavy atom. The highest BCUT2D eigenvalue weighted by molar-refractivity contribution is 9.10. The normalized spacial score (nSPS) is 10.6. The number of hydrogen-bond donors (Lipinski definition) is 0. The first kappa shape index (κ1) is 11.0. The van der Waals surface area contributed by atoms with E-state index in [1.165, 1.54) is 30.8 Å². The molecule has 0 aromatic carbocycles. The molecule has 4 heteroatoms. The Hall–Kier alpha value is -0.0900. The molecule has 0 fully saturated rings. The Morgan fingerprint density at radius 3 is 2.77 bits per heavy atom. The molecule has 74 valence electrons. The molecule has 0 bridgehead atoms. The van der Waals surface area contributed by atoms with Crippen molar-refractivity contribution in [2.24, 2.45) is 0 Å². The summed E-state index contributed by atoms with van der Waals surface area (Å²) in [5.41, 5.74) is 0.112. The van der Waals surface area contributed by atoms with Crippen LogP contribution in [0.1, 0.15) is 32.6 Å². The molecule has 0 radical (unpaired) electrons. The zero-order chi connectivity index (χ0) is 9.68. The van der Waals surface area contributed by atoms with Gasteiger partial charge in [0.15, 0.2) is 0 Å². The Morgan fingerprint density at radius 1 is 1.46 bits per heavy atom. The Labute approximate surface area is 90.9 Å². The SMILES string of the molecule is CCCCCCn1scc(Br)c1=O. The lowest BCUT2D eigenvalue weighted by Gasteiger charge is -1.98. The zero-order valence-corrected chi connectivity index (χ0v) is 10.2. The van der Waals surface area contributed by atoms with Gasteiger partial charge in [-0.2, -0.15) is 0 Å². The van der Waals surface area contributed by atoms with Gasteiger partial charge in [0.2, 0.25) is 0 Å². The molecule has 1 aromatic rings. The minimum Gasteiger partial charge on any atom is -0.267 e. The van der Waals surface area contributed by atoms with Crippen molar-refractivity contribution in [1.82, 2.24) is 3.96 Å². The molecule has 0 aliphatic rings. The molecule has 0 aliphatic carbocycles. The summed E-state index contributed by atoms with van der Waals surface area (Å²) < 4.78 is 2.49. The van der Waals surface area contributed by atoms with Crippen molar-refractivity contribution in [2.75, 3.05) is 0 Å². The quantitative estimate of drug-likeness (QED) is 0.748. The Bertz CT molecular complexity index is 305. The minimum absolute atomic E-state index is 0.112. The van der Waals surface area contributed by atoms with Crippen LogP contribution in [-0.4, -0.2) is 3.96 Å². The Kier molecular flexibility index (Phi) is 4.73. The van der Waals surface area contributed by atoms with Crippen LogP contribution in [0.2, 0.25) is 0 Å². The largest absolute Gasteiger partial charge is 0.274 e. The fourth-order valence-electron chi connectivity index (χ4n) is 1.16. The second-order valence-electron chi connectivity index (χ2n) is 3.04. The highest BCUT2D eigenvalue weighted by Crippen LogP contribution is 2.09. The van der Waals surface area contributed by atoms with Crippen LogP contribution in [0.25, 0.3) is 0 Å². The van der Waals surface area contributed by atoms with Crippen LogP contribution in [0.3, 0.4) is 0 Å². The van der Waals surface area contributed by atoms with Crippen molar-refractivity contribution < 1.29 is 0 Å². The zero-order valence-electron chi connectivity index (χ0n) is 7.75. The van der Waals surface area contributed by atoms with Gasteiger partial charge in [0, 0.05) is 11.9 Å². The van der Waals surface area contributed by atoms with Gasteiger partial charge in [0.25, 0.3) is 5.56 Å². The number of aryl methyl sites for hydroxylation is 1. The fourth-order valence-corrected chi connectivity index (χ4v) is 2.50. The summed E-state index contributed by atoms with van der Waals surface area (Å²) in [5.74, 6) is 0. The third-order valence-electron chi connectivity index (χ3n) is 1.93. The Balaban J connectivity index is 2.37. The summed E-state index contributed by atoms with van der Waals surface area (Å²) in [5, 5.41) is 1.85. The van der Waals surface area contributed by atoms with Crippen LogP contribution in [0.15, 0.2) is 14.6 Å². The molecule has 1 aromatic heterocycles. The van der Waals surface area contributed by atoms with Gasteiger partial charge in [0.1, 0.15) is 0 Å². The second-order valence-corrected chi connectivity index (χ2v) is 4.78. The molecule has 0 atom stereocenters. The van der Waals surface area contributed by atoms with Crippen molar-refractivity contribution in [2.45, 2.75) is 39.2 Å². The van der Waals surface area contributed by atoms with Crippen LogP contribution in [0.5, 0.6) is 0 Å². The lowest BCUT2D eigenvalue weighted by Crippen LogP contribution is -2.13. The number of halogens is 1. The number of rotatable bonds is 5. The molecular weight excluding hydrogens is 250 g/mol. The predicted octanol–water partition coefficient (Wildman–Crippen LogP) is 3.25. The van der Waals surface area contributed by atoms with Gasteiger partial charge in [-0.25, -0.2) is 0 Å². The highest BCUT2D eigenvalue weighted by atomic mass is 79.9. The standard InChI is InChI=1S/C9H14BrNOS/c1-2-3-4-5-6-11-9(12)8(10)7-13-11/h7H,2-6H2,1H3. The summed E-state index contributed by atoms with van der Waals surface area (Å²) in [4.78, 5) is 11.4. The third-order valence-corrected chi connectivity index (χ3v) is 3.74. The van der Waals surface area contributed by atoms with Crippen molar-refractivity contribution in [3.05, 3.63) is 20.2 Å². The lowest BCUT2D eigenvalue weighted by molar-refractivity contribution is 0.598. The smallest absolute Gasteiger partial charge is 0.267 e. The maximum Gasteiger partial charge on any atom is 0.274 e. The van der Waals surface area contributed by atoms with E-state index in [0.29, 0.717) is 4.47 Å². The molecule has 0 unspecified atom stereocenters. The van der Waals surface area contributed by atoms with Crippen molar-refractivity contribution >= 4 is 27.5 Å². The molecule has 0 aliphatic heterocycles. The molecular formula is C9H14BrNOS. The molecule has 1 heterocycles. The maximum atomic E-state index is 11.4. The molecule has 0 amide bonds. The van der Waals surface area contributed by atoms with Crippen molar-refractivity contribution in [3.8, 4) is 0 Å². The summed E-state index contributed by atoms with van der Waals surface area (Å²) in [6.07, 6.45) is 4.84. The summed E-state index contributed by atoms with van der Waals surface area (Å²) in [6, 6.07) is 0. The average molecular weight is 264 g/mol. The molecule has 0 spiro atoms. The van der Waals surface area contributed by atoms with Crippen molar-refractivity contribution in [3.63, 3.8) is 0 Å². The van der Waals surface area contributed by atoms with Gasteiger partial charge in [-0.3, -0.25) is 8.75 Å². The van der Waals surface area contributed by atoms with Gasteiger partial charge in [-0.1, -0.05) is 37.7 Å². The molecule has 0 saturated heterocycles. The summed E-state index contributed by atoms with van der Waals surface area (Å²) in [7, 11) is 0. The van der Waals surface area contributed by atoms with Gasteiger partial charge < -0.3 is 0 Å². The van der Waals surface area contributed by atoms with Crippen LogP contribution >= 0.6 is 27.5 Å². The minimum atomic E-state index is 0.112. The average Bonchev–Trinajstić information content (AvgIpc) is 2.43. The summed E-state index contributed by atoms with van der Waals surface area (Å²) in [6.45, 7) is 3.06. The van der Waals surface area contributed by atoms with E-state index >= 15 is 0 Å². The van der Waals surface area contributed by atoms with Crippen LogP contribution in [-0.2, 0) is 6.54 Å². The van der Waals surface area contributed by atoms with Crippen LogP contribution < -0.4 is 5.56 Å². The van der Waals surface area contributed by atoms with Gasteiger partial charge >= 0.3 is 0 Å². The van der Waals surface area contributed by atoms with E-state index in [9.17, 15) is 4.79 Å². The van der Waals surface area contributed by atoms with E-state index < -0.39 is 0 Å². The molecule has 2 nitrogen and oxygen atoms in total. The van der Waals surface area contributed by atoms with E-state index in [2.05, 4.69) is 22.9 Å². The van der Waals surface area contributed by atoms with Gasteiger partial charge in [-0.15, -0.1) is 0 Å². The van der Waals surface area contributed by atoms with E-state index in [1.54, 1.807) is 3.96 Å². The molecule has 1 rings (SSSR count). The van der Waals surface area contributed by atoms with E-state index in [1.807, 2.05) is 5.38 Å². The maximum absolute atomic E-state index is 11.4. The number of nitrogens with zero attached hydrogens (tertiary/aromatic N) is 1. The van der Waals surface area contributed by atoms with Crippen LogP contribution in [0, 0.1) is 0 Å². The first-order valence-corrected chi connectivity index (χ1v) is 6.23. The van der Waals surface area contributed by atoms with E-state index in [4.69, 9.17) is 0 Å². The first-order valence-electron chi connectivity index (χ1n) is 4.60. The molecule has 13 heavy (non-hydrogen) atoms. The number of aromatic nitrogens is 1. The molecule has 0 N–H and O–H groups in total. The summed E-state index contributed by atoms with van der Waals surface area (Å²) >= 11 is 4.71.